The minimum atomic E-state index is -3.78. The summed E-state index contributed by atoms with van der Waals surface area (Å²) in [6, 6.07) is 4.98. The van der Waals surface area contributed by atoms with Gasteiger partial charge in [-0.15, -0.1) is 5.10 Å². The molecular weight excluding hydrogens is 377 g/mol. The van der Waals surface area contributed by atoms with Crippen LogP contribution < -0.4 is 9.46 Å². The van der Waals surface area contributed by atoms with Crippen molar-refractivity contribution < 1.29 is 22.1 Å². The molecule has 0 fully saturated rings. The van der Waals surface area contributed by atoms with Crippen LogP contribution in [0.1, 0.15) is 30.2 Å². The third kappa shape index (κ3) is 3.08. The lowest BCUT2D eigenvalue weighted by atomic mass is 10.1. The molecule has 3 aromatic rings. The van der Waals surface area contributed by atoms with Gasteiger partial charge in [-0.1, -0.05) is 10.3 Å². The van der Waals surface area contributed by atoms with E-state index in [0.29, 0.717) is 23.8 Å². The average molecular weight is 393 g/mol. The fourth-order valence-corrected chi connectivity index (χ4v) is 4.57. The van der Waals surface area contributed by atoms with E-state index in [1.807, 2.05) is 6.92 Å². The fourth-order valence-electron chi connectivity index (χ4n) is 3.04. The number of nitrogens with one attached hydrogen (secondary N) is 1. The molecule has 3 heterocycles. The van der Waals surface area contributed by atoms with E-state index in [0.717, 1.165) is 0 Å². The van der Waals surface area contributed by atoms with Crippen molar-refractivity contribution in [2.75, 3.05) is 0 Å². The van der Waals surface area contributed by atoms with Gasteiger partial charge in [0.2, 0.25) is 10.0 Å². The van der Waals surface area contributed by atoms with E-state index in [-0.39, 0.29) is 28.9 Å². The Morgan fingerprint density at radius 1 is 1.33 bits per heavy atom. The van der Waals surface area contributed by atoms with Crippen LogP contribution in [0.3, 0.4) is 0 Å². The van der Waals surface area contributed by atoms with Gasteiger partial charge < -0.3 is 9.26 Å². The number of aromatic nitrogens is 4. The maximum atomic E-state index is 13.0. The Balaban J connectivity index is 1.67. The first-order chi connectivity index (χ1) is 12.9. The summed E-state index contributed by atoms with van der Waals surface area (Å²) >= 11 is 0. The first kappa shape index (κ1) is 17.6. The van der Waals surface area contributed by atoms with Crippen molar-refractivity contribution in [2.45, 2.75) is 37.8 Å². The monoisotopic (exact) mass is 393 g/mol. The molecule has 11 heteroatoms. The summed E-state index contributed by atoms with van der Waals surface area (Å²) in [6.07, 6.45) is 0.254. The summed E-state index contributed by atoms with van der Waals surface area (Å²) in [4.78, 5) is 0.0732. The van der Waals surface area contributed by atoms with E-state index >= 15 is 0 Å². The number of aryl methyl sites for hydroxylation is 1. The normalized spacial score (nSPS) is 18.3. The molecule has 0 spiro atoms. The largest absolute Gasteiger partial charge is 0.424 e. The molecule has 1 atom stereocenters. The molecule has 0 bridgehead atoms. The standard InChI is InChI=1S/C16H16FN5O4S/c1-3-22-15(18-19-16(22)25-11-6-4-10(17)5-7-11)12-8-13-14(9(2)20-26-13)27(23,24)21-12/h4-7,12,21H,3,8H2,1-2H3/t12-/m1/s1. The van der Waals surface area contributed by atoms with Gasteiger partial charge in [0.25, 0.3) is 0 Å². The number of fused-ring (bicyclic) bond motifs is 1. The molecule has 0 saturated heterocycles. The Hall–Kier alpha value is -2.79. The van der Waals surface area contributed by atoms with Crippen LogP contribution in [0.5, 0.6) is 11.8 Å². The molecule has 0 aliphatic carbocycles. The topological polar surface area (TPSA) is 112 Å². The summed E-state index contributed by atoms with van der Waals surface area (Å²) in [5.74, 6) is 0.679. The van der Waals surface area contributed by atoms with Crippen LogP contribution in [0.2, 0.25) is 0 Å². The molecule has 9 nitrogen and oxygen atoms in total. The number of rotatable bonds is 4. The van der Waals surface area contributed by atoms with Gasteiger partial charge >= 0.3 is 6.01 Å². The smallest absolute Gasteiger partial charge is 0.322 e. The Bertz CT molecular complexity index is 1090. The Kier molecular flexibility index (Phi) is 4.19. The van der Waals surface area contributed by atoms with Crippen molar-refractivity contribution in [3.8, 4) is 11.8 Å². The predicted octanol–water partition coefficient (Wildman–Crippen LogP) is 2.10. The average Bonchev–Trinajstić information content (AvgIpc) is 3.20. The molecule has 0 radical (unpaired) electrons. The number of hydrogen-bond donors (Lipinski definition) is 1. The number of nitrogens with zero attached hydrogens (tertiary/aromatic N) is 4. The van der Waals surface area contributed by atoms with Gasteiger partial charge in [-0.25, -0.2) is 12.8 Å². The van der Waals surface area contributed by atoms with Crippen LogP contribution in [-0.4, -0.2) is 28.3 Å². The van der Waals surface area contributed by atoms with Crippen LogP contribution >= 0.6 is 0 Å². The SMILES string of the molecule is CCn1c(Oc2ccc(F)cc2)nnc1[C@H]1Cc2onc(C)c2S(=O)(=O)N1. The molecule has 1 aromatic carbocycles. The molecule has 1 aliphatic rings. The minimum absolute atomic E-state index is 0.0732. The second-order valence-corrected chi connectivity index (χ2v) is 7.69. The molecule has 0 amide bonds. The van der Waals surface area contributed by atoms with Crippen LogP contribution in [0.4, 0.5) is 4.39 Å². The van der Waals surface area contributed by atoms with Crippen molar-refractivity contribution in [2.24, 2.45) is 0 Å². The molecule has 1 N–H and O–H groups in total. The summed E-state index contributed by atoms with van der Waals surface area (Å²) in [5.41, 5.74) is 0.313. The lowest BCUT2D eigenvalue weighted by Gasteiger charge is -2.22. The van der Waals surface area contributed by atoms with Gasteiger partial charge in [0.05, 0.1) is 6.04 Å². The first-order valence-electron chi connectivity index (χ1n) is 8.23. The number of halogens is 1. The molecule has 142 valence electrons. The predicted molar refractivity (Wildman–Crippen MR) is 90.2 cm³/mol. The lowest BCUT2D eigenvalue weighted by Crippen LogP contribution is -2.36. The van der Waals surface area contributed by atoms with Gasteiger partial charge in [0.15, 0.2) is 11.6 Å². The Labute approximate surface area is 154 Å². The number of benzene rings is 1. The van der Waals surface area contributed by atoms with E-state index in [1.54, 1.807) is 11.5 Å². The highest BCUT2D eigenvalue weighted by Gasteiger charge is 2.38. The zero-order chi connectivity index (χ0) is 19.2. The van der Waals surface area contributed by atoms with Crippen molar-refractivity contribution in [3.05, 3.63) is 47.4 Å². The van der Waals surface area contributed by atoms with Gasteiger partial charge in [-0.05, 0) is 38.1 Å². The lowest BCUT2D eigenvalue weighted by molar-refractivity contribution is 0.353. The molecule has 1 aliphatic heterocycles. The van der Waals surface area contributed by atoms with Crippen LogP contribution in [-0.2, 0) is 23.0 Å². The summed E-state index contributed by atoms with van der Waals surface area (Å²) in [6.45, 7) is 3.87. The molecular formula is C16H16FN5O4S. The zero-order valence-corrected chi connectivity index (χ0v) is 15.3. The number of hydrogen-bond acceptors (Lipinski definition) is 7. The molecule has 0 saturated carbocycles. The van der Waals surface area contributed by atoms with Crippen LogP contribution in [0.25, 0.3) is 0 Å². The summed E-state index contributed by atoms with van der Waals surface area (Å²) in [5, 5.41) is 11.8. The molecule has 4 rings (SSSR count). The highest BCUT2D eigenvalue weighted by atomic mass is 32.2. The second-order valence-electron chi connectivity index (χ2n) is 6.04. The molecule has 27 heavy (non-hydrogen) atoms. The van der Waals surface area contributed by atoms with Gasteiger partial charge in [0.1, 0.15) is 22.2 Å². The third-order valence-electron chi connectivity index (χ3n) is 4.23. The summed E-state index contributed by atoms with van der Waals surface area (Å²) < 4.78 is 53.2. The van der Waals surface area contributed by atoms with Gasteiger partial charge in [0, 0.05) is 13.0 Å². The molecule has 2 aromatic heterocycles. The van der Waals surface area contributed by atoms with Crippen molar-refractivity contribution in [1.29, 1.82) is 0 Å². The molecule has 0 unspecified atom stereocenters. The highest BCUT2D eigenvalue weighted by molar-refractivity contribution is 7.89. The summed E-state index contributed by atoms with van der Waals surface area (Å²) in [7, 11) is -3.78. The van der Waals surface area contributed by atoms with Crippen molar-refractivity contribution >= 4 is 10.0 Å². The highest BCUT2D eigenvalue weighted by Crippen LogP contribution is 2.33. The third-order valence-corrected chi connectivity index (χ3v) is 5.88. The van der Waals surface area contributed by atoms with E-state index in [1.165, 1.54) is 24.3 Å². The fraction of sp³-hybridized carbons (Fsp3) is 0.312. The second kappa shape index (κ2) is 6.43. The number of sulfonamides is 1. The van der Waals surface area contributed by atoms with E-state index < -0.39 is 16.1 Å². The quantitative estimate of drug-likeness (QED) is 0.722. The Morgan fingerprint density at radius 3 is 2.78 bits per heavy atom. The maximum Gasteiger partial charge on any atom is 0.322 e. The first-order valence-corrected chi connectivity index (χ1v) is 9.71. The van der Waals surface area contributed by atoms with Crippen molar-refractivity contribution in [1.82, 2.24) is 24.6 Å². The van der Waals surface area contributed by atoms with E-state index in [4.69, 9.17) is 9.26 Å². The number of ether oxygens (including phenoxy) is 1. The van der Waals surface area contributed by atoms with E-state index in [2.05, 4.69) is 20.1 Å². The Morgan fingerprint density at radius 2 is 2.07 bits per heavy atom. The van der Waals surface area contributed by atoms with Gasteiger partial charge in [-0.2, -0.15) is 4.72 Å². The van der Waals surface area contributed by atoms with E-state index in [9.17, 15) is 12.8 Å². The van der Waals surface area contributed by atoms with Gasteiger partial charge in [-0.3, -0.25) is 4.57 Å². The van der Waals surface area contributed by atoms with Crippen LogP contribution in [0, 0.1) is 12.7 Å². The van der Waals surface area contributed by atoms with Crippen molar-refractivity contribution in [3.63, 3.8) is 0 Å². The van der Waals surface area contributed by atoms with Crippen LogP contribution in [0.15, 0.2) is 33.7 Å². The maximum absolute atomic E-state index is 13.0. The minimum Gasteiger partial charge on any atom is -0.424 e. The zero-order valence-electron chi connectivity index (χ0n) is 14.5.